The lowest BCUT2D eigenvalue weighted by molar-refractivity contribution is 0.00340. The largest absolute Gasteiger partial charge is 0.465 e. The number of carbonyl (C=O) groups excluding carboxylic acids is 2. The number of rotatable bonds is 8. The number of hydrogen-bond donors (Lipinski definition) is 0. The van der Waals surface area contributed by atoms with E-state index in [0.29, 0.717) is 47.5 Å². The van der Waals surface area contributed by atoms with Gasteiger partial charge in [0.1, 0.15) is 5.15 Å². The topological polar surface area (TPSA) is 72.0 Å². The van der Waals surface area contributed by atoms with Crippen molar-refractivity contribution in [3.8, 4) is 0 Å². The first kappa shape index (κ1) is 27.1. The van der Waals surface area contributed by atoms with Crippen LogP contribution in [0.25, 0.3) is 0 Å². The summed E-state index contributed by atoms with van der Waals surface area (Å²) in [5, 5.41) is 0.990. The molecule has 1 aliphatic rings. The lowest BCUT2D eigenvalue weighted by Gasteiger charge is -2.36. The van der Waals surface area contributed by atoms with E-state index in [4.69, 9.17) is 32.7 Å². The number of nitrogens with zero attached hydrogens (tertiary/aromatic N) is 3. The predicted molar refractivity (Wildman–Crippen MR) is 143 cm³/mol. The van der Waals surface area contributed by atoms with E-state index in [1.165, 1.54) is 7.11 Å². The maximum atomic E-state index is 13.0. The minimum atomic E-state index is -0.369. The number of piperazine rings is 1. The Morgan fingerprint density at radius 3 is 2.24 bits per heavy atom. The highest BCUT2D eigenvalue weighted by Gasteiger charge is 2.25. The summed E-state index contributed by atoms with van der Waals surface area (Å²) in [5.74, 6) is -0.403. The Hall–Kier alpha value is -2.97. The number of pyridine rings is 1. The standard InChI is InChI=1S/C28H29Cl2N3O4/c1-19-15-23(16-26(30)31-19)27(34)33-13-11-32(12-14-33)17-25(21-7-9-24(29)10-8-21)37-18-20-3-5-22(6-4-20)28(35)36-2/h3-10,15-16,25H,11-14,17-18H2,1-2H3. The number of benzene rings is 2. The summed E-state index contributed by atoms with van der Waals surface area (Å²) in [7, 11) is 1.36. The Kier molecular flexibility index (Phi) is 9.16. The molecule has 1 saturated heterocycles. The zero-order valence-corrected chi connectivity index (χ0v) is 22.3. The molecular formula is C28H29Cl2N3O4. The van der Waals surface area contributed by atoms with Crippen molar-refractivity contribution in [3.63, 3.8) is 0 Å². The number of aromatic nitrogens is 1. The highest BCUT2D eigenvalue weighted by molar-refractivity contribution is 6.30. The first-order valence-corrected chi connectivity index (χ1v) is 12.8. The van der Waals surface area contributed by atoms with Crippen LogP contribution in [0.4, 0.5) is 0 Å². The van der Waals surface area contributed by atoms with Crippen LogP contribution in [0, 0.1) is 6.92 Å². The lowest BCUT2D eigenvalue weighted by Crippen LogP contribution is -2.49. The van der Waals surface area contributed by atoms with Gasteiger partial charge in [-0.15, -0.1) is 0 Å². The summed E-state index contributed by atoms with van der Waals surface area (Å²) in [6, 6.07) is 18.2. The second-order valence-electron chi connectivity index (χ2n) is 8.95. The van der Waals surface area contributed by atoms with Gasteiger partial charge in [-0.05, 0) is 54.4 Å². The molecule has 1 fully saturated rings. The van der Waals surface area contributed by atoms with Crippen LogP contribution in [0.5, 0.6) is 0 Å². The summed E-state index contributed by atoms with van der Waals surface area (Å²) in [5.41, 5.74) is 3.75. The number of carbonyl (C=O) groups is 2. The van der Waals surface area contributed by atoms with Gasteiger partial charge in [-0.2, -0.15) is 0 Å². The van der Waals surface area contributed by atoms with E-state index in [0.717, 1.165) is 29.9 Å². The van der Waals surface area contributed by atoms with Crippen molar-refractivity contribution in [2.75, 3.05) is 39.8 Å². The molecule has 3 aromatic rings. The van der Waals surface area contributed by atoms with Crippen LogP contribution in [-0.2, 0) is 16.1 Å². The smallest absolute Gasteiger partial charge is 0.337 e. The maximum absolute atomic E-state index is 13.0. The van der Waals surface area contributed by atoms with Crippen LogP contribution >= 0.6 is 23.2 Å². The molecule has 0 spiro atoms. The molecule has 0 radical (unpaired) electrons. The SMILES string of the molecule is COC(=O)c1ccc(COC(CN2CCN(C(=O)c3cc(C)nc(Cl)c3)CC2)c2ccc(Cl)cc2)cc1. The fourth-order valence-electron chi connectivity index (χ4n) is 4.29. The van der Waals surface area contributed by atoms with Gasteiger partial charge < -0.3 is 14.4 Å². The van der Waals surface area contributed by atoms with Crippen molar-refractivity contribution in [2.24, 2.45) is 0 Å². The molecule has 7 nitrogen and oxygen atoms in total. The van der Waals surface area contributed by atoms with Crippen LogP contribution in [0.15, 0.2) is 60.7 Å². The minimum Gasteiger partial charge on any atom is -0.465 e. The third-order valence-corrected chi connectivity index (χ3v) is 6.77. The van der Waals surface area contributed by atoms with E-state index < -0.39 is 0 Å². The van der Waals surface area contributed by atoms with Crippen molar-refractivity contribution in [1.82, 2.24) is 14.8 Å². The summed E-state index contributed by atoms with van der Waals surface area (Å²) < 4.78 is 11.1. The zero-order valence-electron chi connectivity index (χ0n) is 20.8. The summed E-state index contributed by atoms with van der Waals surface area (Å²) in [6.07, 6.45) is -0.193. The highest BCUT2D eigenvalue weighted by Crippen LogP contribution is 2.24. The first-order valence-electron chi connectivity index (χ1n) is 12.0. The van der Waals surface area contributed by atoms with E-state index in [9.17, 15) is 9.59 Å². The maximum Gasteiger partial charge on any atom is 0.337 e. The summed E-state index contributed by atoms with van der Waals surface area (Å²) in [6.45, 7) is 5.56. The second kappa shape index (κ2) is 12.5. The van der Waals surface area contributed by atoms with Gasteiger partial charge in [0, 0.05) is 49.0 Å². The summed E-state index contributed by atoms with van der Waals surface area (Å²) >= 11 is 12.2. The van der Waals surface area contributed by atoms with Gasteiger partial charge in [0.15, 0.2) is 0 Å². The van der Waals surface area contributed by atoms with Gasteiger partial charge in [-0.25, -0.2) is 9.78 Å². The molecule has 1 amide bonds. The van der Waals surface area contributed by atoms with Crippen molar-refractivity contribution in [3.05, 3.63) is 98.8 Å². The number of halogens is 2. The fraction of sp³-hybridized carbons (Fsp3) is 0.321. The van der Waals surface area contributed by atoms with E-state index in [1.807, 2.05) is 48.2 Å². The molecule has 0 aliphatic carbocycles. The van der Waals surface area contributed by atoms with Gasteiger partial charge in [0.05, 0.1) is 25.4 Å². The molecule has 1 aromatic heterocycles. The number of amides is 1. The molecule has 194 valence electrons. The van der Waals surface area contributed by atoms with Crippen LogP contribution in [0.2, 0.25) is 10.2 Å². The van der Waals surface area contributed by atoms with Crippen LogP contribution in [0.3, 0.4) is 0 Å². The number of aryl methyl sites for hydroxylation is 1. The number of esters is 1. The Balaban J connectivity index is 1.39. The molecule has 4 rings (SSSR count). The monoisotopic (exact) mass is 541 g/mol. The van der Waals surface area contributed by atoms with Crippen molar-refractivity contribution >= 4 is 35.1 Å². The predicted octanol–water partition coefficient (Wildman–Crippen LogP) is 5.20. The highest BCUT2D eigenvalue weighted by atomic mass is 35.5. The van der Waals surface area contributed by atoms with E-state index in [1.54, 1.807) is 24.3 Å². The lowest BCUT2D eigenvalue weighted by atomic mass is 10.1. The quantitative estimate of drug-likeness (QED) is 0.288. The van der Waals surface area contributed by atoms with Crippen molar-refractivity contribution < 1.29 is 19.1 Å². The Labute approximate surface area is 226 Å². The molecule has 1 atom stereocenters. The zero-order chi connectivity index (χ0) is 26.4. The van der Waals surface area contributed by atoms with E-state index in [-0.39, 0.29) is 18.0 Å². The Bertz CT molecular complexity index is 1210. The number of methoxy groups -OCH3 is 1. The van der Waals surface area contributed by atoms with Gasteiger partial charge in [0.25, 0.3) is 5.91 Å². The van der Waals surface area contributed by atoms with Crippen LogP contribution < -0.4 is 0 Å². The average Bonchev–Trinajstić information content (AvgIpc) is 2.91. The first-order chi connectivity index (χ1) is 17.8. The number of hydrogen-bond acceptors (Lipinski definition) is 6. The molecule has 9 heteroatoms. The van der Waals surface area contributed by atoms with Gasteiger partial charge in [-0.3, -0.25) is 9.69 Å². The molecule has 2 heterocycles. The average molecular weight is 542 g/mol. The normalized spacial score (nSPS) is 14.9. The van der Waals surface area contributed by atoms with Gasteiger partial charge in [-0.1, -0.05) is 47.5 Å². The molecule has 0 saturated carbocycles. The van der Waals surface area contributed by atoms with Crippen LogP contribution in [-0.4, -0.2) is 66.5 Å². The molecule has 2 aromatic carbocycles. The summed E-state index contributed by atoms with van der Waals surface area (Å²) in [4.78, 5) is 33.0. The van der Waals surface area contributed by atoms with E-state index in [2.05, 4.69) is 9.88 Å². The van der Waals surface area contributed by atoms with Gasteiger partial charge in [0.2, 0.25) is 0 Å². The molecule has 1 aliphatic heterocycles. The Morgan fingerprint density at radius 2 is 1.62 bits per heavy atom. The second-order valence-corrected chi connectivity index (χ2v) is 9.78. The van der Waals surface area contributed by atoms with E-state index >= 15 is 0 Å². The molecule has 0 N–H and O–H groups in total. The van der Waals surface area contributed by atoms with Crippen LogP contribution in [0.1, 0.15) is 43.6 Å². The third-order valence-electron chi connectivity index (χ3n) is 6.32. The fourth-order valence-corrected chi connectivity index (χ4v) is 4.66. The number of ether oxygens (including phenoxy) is 2. The van der Waals surface area contributed by atoms with Crippen molar-refractivity contribution in [2.45, 2.75) is 19.6 Å². The van der Waals surface area contributed by atoms with Gasteiger partial charge >= 0.3 is 5.97 Å². The molecular weight excluding hydrogens is 513 g/mol. The molecule has 0 bridgehead atoms. The van der Waals surface area contributed by atoms with Crippen molar-refractivity contribution in [1.29, 1.82) is 0 Å². The molecule has 37 heavy (non-hydrogen) atoms. The molecule has 1 unspecified atom stereocenters. The third kappa shape index (κ3) is 7.29. The Morgan fingerprint density at radius 1 is 0.946 bits per heavy atom. The minimum absolute atomic E-state index is 0.0343.